The fraction of sp³-hybridized carbons (Fsp3) is 0.591. The molecule has 3 amide bonds. The quantitative estimate of drug-likeness (QED) is 0.254. The van der Waals surface area contributed by atoms with Crippen molar-refractivity contribution in [1.29, 1.82) is 0 Å². The lowest BCUT2D eigenvalue weighted by Gasteiger charge is -2.36. The molecule has 1 aromatic carbocycles. The van der Waals surface area contributed by atoms with E-state index in [0.717, 1.165) is 9.13 Å². The van der Waals surface area contributed by atoms with Crippen molar-refractivity contribution in [3.05, 3.63) is 27.3 Å². The van der Waals surface area contributed by atoms with Gasteiger partial charge in [0.05, 0.1) is 6.61 Å². The number of hydrogen-bond acceptors (Lipinski definition) is 4. The van der Waals surface area contributed by atoms with Gasteiger partial charge in [-0.3, -0.25) is 9.59 Å². The van der Waals surface area contributed by atoms with E-state index in [9.17, 15) is 14.4 Å². The third kappa shape index (κ3) is 8.36. The Bertz CT molecular complexity index is 839. The highest BCUT2D eigenvalue weighted by Crippen LogP contribution is 2.37. The molecule has 0 bridgehead atoms. The maximum absolute atomic E-state index is 12.5. The second-order valence-electron chi connectivity index (χ2n) is 9.75. The van der Waals surface area contributed by atoms with Crippen LogP contribution in [0, 0.1) is 9.49 Å². The summed E-state index contributed by atoms with van der Waals surface area (Å²) in [5.41, 5.74) is 1.66. The third-order valence-electron chi connectivity index (χ3n) is 5.70. The minimum Gasteiger partial charge on any atom is -0.465 e. The van der Waals surface area contributed by atoms with Crippen LogP contribution in [0.3, 0.4) is 0 Å². The van der Waals surface area contributed by atoms with Gasteiger partial charge in [-0.05, 0) is 71.3 Å². The van der Waals surface area contributed by atoms with Crippen LogP contribution in [0.2, 0.25) is 18.1 Å². The molecule has 4 N–H and O–H groups in total. The lowest BCUT2D eigenvalue weighted by Crippen LogP contribution is -2.53. The molecule has 32 heavy (non-hydrogen) atoms. The number of carboxylic acid groups (broad SMARTS) is 1. The second kappa shape index (κ2) is 11.5. The summed E-state index contributed by atoms with van der Waals surface area (Å²) in [6.45, 7) is 16.5. The highest BCUT2D eigenvalue weighted by atomic mass is 127. The Labute approximate surface area is 205 Å². The van der Waals surface area contributed by atoms with Gasteiger partial charge in [0.15, 0.2) is 8.32 Å². The lowest BCUT2D eigenvalue weighted by molar-refractivity contribution is -0.128. The molecular formula is C22H36IN3O5Si. The van der Waals surface area contributed by atoms with E-state index >= 15 is 0 Å². The van der Waals surface area contributed by atoms with E-state index in [4.69, 9.17) is 9.53 Å². The van der Waals surface area contributed by atoms with Crippen LogP contribution in [0.5, 0.6) is 0 Å². The molecule has 0 aliphatic heterocycles. The highest BCUT2D eigenvalue weighted by Gasteiger charge is 2.37. The molecule has 2 atom stereocenters. The van der Waals surface area contributed by atoms with Gasteiger partial charge in [-0.15, -0.1) is 0 Å². The Hall–Kier alpha value is -1.66. The van der Waals surface area contributed by atoms with E-state index in [2.05, 4.69) is 72.4 Å². The van der Waals surface area contributed by atoms with Crippen molar-refractivity contribution in [3.63, 3.8) is 0 Å². The Morgan fingerprint density at radius 3 is 2.16 bits per heavy atom. The zero-order valence-electron chi connectivity index (χ0n) is 20.1. The van der Waals surface area contributed by atoms with Gasteiger partial charge in [0.25, 0.3) is 0 Å². The maximum atomic E-state index is 12.5. The molecule has 0 heterocycles. The monoisotopic (exact) mass is 577 g/mol. The van der Waals surface area contributed by atoms with Crippen molar-refractivity contribution >= 4 is 54.5 Å². The number of carbonyl (C=O) groups excluding carboxylic acids is 2. The van der Waals surface area contributed by atoms with E-state index in [-0.39, 0.29) is 11.0 Å². The highest BCUT2D eigenvalue weighted by molar-refractivity contribution is 14.1. The summed E-state index contributed by atoms with van der Waals surface area (Å²) >= 11 is 2.22. The van der Waals surface area contributed by atoms with E-state index in [1.807, 2.05) is 18.2 Å². The molecule has 0 aliphatic carbocycles. The van der Waals surface area contributed by atoms with Crippen LogP contribution in [0.1, 0.15) is 47.1 Å². The van der Waals surface area contributed by atoms with Crippen LogP contribution in [-0.4, -0.2) is 43.4 Å². The van der Waals surface area contributed by atoms with E-state index in [0.29, 0.717) is 12.3 Å². The molecule has 1 aromatic rings. The first kappa shape index (κ1) is 28.4. The SMILES string of the molecule is CC(C)[C@H](NC(=O)O)C(=O)N[C@@H](C)C(=O)Nc1ccc(CO[Si](C)(C)C(C)(C)C)c(I)c1. The number of nitrogens with one attached hydrogen (secondary N) is 3. The summed E-state index contributed by atoms with van der Waals surface area (Å²) in [6.07, 6.45) is -1.29. The second-order valence-corrected chi connectivity index (χ2v) is 15.7. The molecule has 0 spiro atoms. The van der Waals surface area contributed by atoms with Gasteiger partial charge < -0.3 is 25.5 Å². The fourth-order valence-electron chi connectivity index (χ4n) is 2.50. The molecule has 0 aliphatic rings. The maximum Gasteiger partial charge on any atom is 0.405 e. The molecule has 180 valence electrons. The molecule has 0 unspecified atom stereocenters. The van der Waals surface area contributed by atoms with Gasteiger partial charge in [0.1, 0.15) is 12.1 Å². The van der Waals surface area contributed by atoms with E-state index < -0.39 is 38.3 Å². The molecule has 8 nitrogen and oxygen atoms in total. The van der Waals surface area contributed by atoms with Crippen molar-refractivity contribution < 1.29 is 23.9 Å². The molecule has 0 radical (unpaired) electrons. The van der Waals surface area contributed by atoms with Gasteiger partial charge >= 0.3 is 6.09 Å². The number of hydrogen-bond donors (Lipinski definition) is 4. The molecule has 0 saturated carbocycles. The summed E-state index contributed by atoms with van der Waals surface area (Å²) in [5, 5.41) is 16.6. The fourth-order valence-corrected chi connectivity index (χ4v) is 4.12. The summed E-state index contributed by atoms with van der Waals surface area (Å²) < 4.78 is 7.26. The summed E-state index contributed by atoms with van der Waals surface area (Å²) in [4.78, 5) is 35.8. The third-order valence-corrected chi connectivity index (χ3v) is 11.2. The van der Waals surface area contributed by atoms with Gasteiger partial charge in [-0.2, -0.15) is 0 Å². The topological polar surface area (TPSA) is 117 Å². The predicted octanol–water partition coefficient (Wildman–Crippen LogP) is 4.55. The average molecular weight is 578 g/mol. The van der Waals surface area contributed by atoms with Crippen LogP contribution in [0.25, 0.3) is 0 Å². The lowest BCUT2D eigenvalue weighted by atomic mass is 10.0. The first-order valence-corrected chi connectivity index (χ1v) is 14.6. The minimum absolute atomic E-state index is 0.126. The van der Waals surface area contributed by atoms with Crippen LogP contribution in [0.15, 0.2) is 18.2 Å². The van der Waals surface area contributed by atoms with Crippen molar-refractivity contribution in [1.82, 2.24) is 10.6 Å². The zero-order valence-corrected chi connectivity index (χ0v) is 23.3. The molecule has 1 rings (SSSR count). The Morgan fingerprint density at radius 2 is 1.69 bits per heavy atom. The van der Waals surface area contributed by atoms with Crippen molar-refractivity contribution in [2.75, 3.05) is 5.32 Å². The van der Waals surface area contributed by atoms with Gasteiger partial charge in [0.2, 0.25) is 11.8 Å². The van der Waals surface area contributed by atoms with E-state index in [1.54, 1.807) is 20.8 Å². The molecule has 0 saturated heterocycles. The van der Waals surface area contributed by atoms with Crippen LogP contribution in [0.4, 0.5) is 10.5 Å². The Kier molecular flexibility index (Phi) is 10.2. The standard InChI is InChI=1S/C22H36IN3O5Si/c1-13(2)18(26-21(29)30)20(28)24-14(3)19(27)25-16-10-9-15(17(23)11-16)12-31-32(7,8)22(4,5)6/h9-11,13-14,18,26H,12H2,1-8H3,(H,24,28)(H,25,27)(H,29,30)/t14-,18-/m0/s1. The molecule has 10 heteroatoms. The smallest absolute Gasteiger partial charge is 0.405 e. The molecule has 0 fully saturated rings. The predicted molar refractivity (Wildman–Crippen MR) is 137 cm³/mol. The average Bonchev–Trinajstić information content (AvgIpc) is 2.63. The van der Waals surface area contributed by atoms with Crippen molar-refractivity contribution in [2.24, 2.45) is 5.92 Å². The van der Waals surface area contributed by atoms with Crippen LogP contribution in [-0.2, 0) is 20.6 Å². The first-order valence-electron chi connectivity index (χ1n) is 10.6. The van der Waals surface area contributed by atoms with Crippen LogP contribution >= 0.6 is 22.6 Å². The number of rotatable bonds is 9. The van der Waals surface area contributed by atoms with Crippen molar-refractivity contribution in [3.8, 4) is 0 Å². The summed E-state index contributed by atoms with van der Waals surface area (Å²) in [6, 6.07) is 3.82. The minimum atomic E-state index is -1.86. The summed E-state index contributed by atoms with van der Waals surface area (Å²) in [7, 11) is -1.86. The number of halogens is 1. The molecule has 0 aromatic heterocycles. The normalized spacial score (nSPS) is 13.9. The van der Waals surface area contributed by atoms with Crippen molar-refractivity contribution in [2.45, 2.75) is 78.4 Å². The summed E-state index contributed by atoms with van der Waals surface area (Å²) in [5.74, 6) is -1.20. The number of anilines is 1. The number of carbonyl (C=O) groups is 3. The first-order chi connectivity index (χ1) is 14.5. The van der Waals surface area contributed by atoms with E-state index in [1.165, 1.54) is 0 Å². The van der Waals surface area contributed by atoms with Gasteiger partial charge in [0, 0.05) is 9.26 Å². The number of benzene rings is 1. The molecular weight excluding hydrogens is 541 g/mol. The Balaban J connectivity index is 2.76. The van der Waals surface area contributed by atoms with Gasteiger partial charge in [-0.25, -0.2) is 4.79 Å². The van der Waals surface area contributed by atoms with Gasteiger partial charge in [-0.1, -0.05) is 40.7 Å². The van der Waals surface area contributed by atoms with Crippen LogP contribution < -0.4 is 16.0 Å². The zero-order chi connectivity index (χ0) is 24.9. The number of amides is 3. The Morgan fingerprint density at radius 1 is 1.09 bits per heavy atom. The largest absolute Gasteiger partial charge is 0.465 e.